The Hall–Kier alpha value is -1.08. The van der Waals surface area contributed by atoms with Crippen molar-refractivity contribution < 1.29 is 4.79 Å². The summed E-state index contributed by atoms with van der Waals surface area (Å²) in [7, 11) is 0. The van der Waals surface area contributed by atoms with Gasteiger partial charge in [-0.3, -0.25) is 9.69 Å². The van der Waals surface area contributed by atoms with E-state index in [1.165, 1.54) is 12.8 Å². The number of nitriles is 1. The summed E-state index contributed by atoms with van der Waals surface area (Å²) >= 11 is 0. The molecular formula is C15H27N3O. The van der Waals surface area contributed by atoms with Gasteiger partial charge < -0.3 is 4.90 Å². The maximum absolute atomic E-state index is 12.3. The van der Waals surface area contributed by atoms with Gasteiger partial charge in [0.25, 0.3) is 0 Å². The number of carbonyl (C=O) groups excluding carboxylic acids is 1. The minimum atomic E-state index is 0.237. The highest BCUT2D eigenvalue weighted by Crippen LogP contribution is 2.10. The molecule has 4 nitrogen and oxygen atoms in total. The van der Waals surface area contributed by atoms with Crippen LogP contribution in [0.1, 0.15) is 46.0 Å². The number of nitrogens with zero attached hydrogens (tertiary/aromatic N) is 3. The molecule has 0 aromatic heterocycles. The molecule has 19 heavy (non-hydrogen) atoms. The highest BCUT2D eigenvalue weighted by molar-refractivity contribution is 5.78. The monoisotopic (exact) mass is 265 g/mol. The fourth-order valence-electron chi connectivity index (χ4n) is 2.57. The first kappa shape index (κ1) is 16.0. The third-order valence-corrected chi connectivity index (χ3v) is 3.48. The number of carbonyl (C=O) groups is 1. The van der Waals surface area contributed by atoms with Crippen LogP contribution in [0.25, 0.3) is 0 Å². The van der Waals surface area contributed by atoms with Crippen molar-refractivity contribution in [2.75, 3.05) is 32.7 Å². The largest absolute Gasteiger partial charge is 0.342 e. The van der Waals surface area contributed by atoms with Crippen LogP contribution in [0.15, 0.2) is 0 Å². The quantitative estimate of drug-likeness (QED) is 0.740. The average molecular weight is 265 g/mol. The first-order valence-electron chi connectivity index (χ1n) is 7.50. The molecule has 1 rings (SSSR count). The van der Waals surface area contributed by atoms with E-state index in [2.05, 4.69) is 24.8 Å². The Labute approximate surface area is 117 Å². The van der Waals surface area contributed by atoms with Gasteiger partial charge in [0.05, 0.1) is 12.6 Å². The van der Waals surface area contributed by atoms with Crippen LogP contribution in [0.3, 0.4) is 0 Å². The Bertz CT molecular complexity index is 301. The van der Waals surface area contributed by atoms with Crippen LogP contribution in [0.2, 0.25) is 0 Å². The van der Waals surface area contributed by atoms with Crippen molar-refractivity contribution in [2.24, 2.45) is 5.92 Å². The van der Waals surface area contributed by atoms with Gasteiger partial charge in [-0.05, 0) is 18.8 Å². The van der Waals surface area contributed by atoms with Crippen LogP contribution in [0, 0.1) is 17.2 Å². The van der Waals surface area contributed by atoms with Crippen molar-refractivity contribution in [3.8, 4) is 6.07 Å². The zero-order chi connectivity index (χ0) is 14.1. The van der Waals surface area contributed by atoms with Crippen LogP contribution >= 0.6 is 0 Å². The summed E-state index contributed by atoms with van der Waals surface area (Å²) in [6, 6.07) is 2.17. The van der Waals surface area contributed by atoms with E-state index in [1.54, 1.807) is 0 Å². The fraction of sp³-hybridized carbons (Fsp3) is 0.867. The molecule has 0 bridgehead atoms. The highest BCUT2D eigenvalue weighted by Gasteiger charge is 2.18. The predicted octanol–water partition coefficient (Wildman–Crippen LogP) is 2.26. The van der Waals surface area contributed by atoms with Gasteiger partial charge in [-0.25, -0.2) is 0 Å². The lowest BCUT2D eigenvalue weighted by molar-refractivity contribution is -0.132. The minimum Gasteiger partial charge on any atom is -0.342 e. The maximum atomic E-state index is 12.3. The molecule has 1 aliphatic heterocycles. The van der Waals surface area contributed by atoms with Crippen LogP contribution in [-0.2, 0) is 4.79 Å². The molecule has 0 aliphatic carbocycles. The van der Waals surface area contributed by atoms with E-state index in [-0.39, 0.29) is 5.91 Å². The molecule has 0 N–H and O–H groups in total. The van der Waals surface area contributed by atoms with E-state index < -0.39 is 0 Å². The molecule has 108 valence electrons. The zero-order valence-electron chi connectivity index (χ0n) is 12.4. The molecule has 4 heteroatoms. The molecule has 0 spiro atoms. The van der Waals surface area contributed by atoms with E-state index in [4.69, 9.17) is 5.26 Å². The van der Waals surface area contributed by atoms with Gasteiger partial charge in [-0.2, -0.15) is 5.26 Å². The SMILES string of the molecule is CC(C)CN(CCC#N)CC(=O)N1CCCCCC1. The molecule has 0 atom stereocenters. The molecule has 0 saturated carbocycles. The van der Waals surface area contributed by atoms with Gasteiger partial charge in [0, 0.05) is 32.6 Å². The molecule has 1 saturated heterocycles. The summed E-state index contributed by atoms with van der Waals surface area (Å²) in [5, 5.41) is 8.70. The van der Waals surface area contributed by atoms with Gasteiger partial charge in [-0.1, -0.05) is 26.7 Å². The third-order valence-electron chi connectivity index (χ3n) is 3.48. The summed E-state index contributed by atoms with van der Waals surface area (Å²) in [4.78, 5) is 16.4. The Morgan fingerprint density at radius 2 is 1.89 bits per heavy atom. The normalized spacial score (nSPS) is 16.5. The summed E-state index contributed by atoms with van der Waals surface area (Å²) in [5.41, 5.74) is 0. The summed E-state index contributed by atoms with van der Waals surface area (Å²) in [5.74, 6) is 0.760. The van der Waals surface area contributed by atoms with Crippen molar-refractivity contribution >= 4 is 5.91 Å². The first-order chi connectivity index (χ1) is 9.13. The van der Waals surface area contributed by atoms with Gasteiger partial charge in [0.2, 0.25) is 5.91 Å². The minimum absolute atomic E-state index is 0.237. The molecule has 0 unspecified atom stereocenters. The third kappa shape index (κ3) is 6.58. The van der Waals surface area contributed by atoms with Crippen LogP contribution < -0.4 is 0 Å². The molecule has 1 heterocycles. The van der Waals surface area contributed by atoms with Crippen molar-refractivity contribution in [3.05, 3.63) is 0 Å². The summed E-state index contributed by atoms with van der Waals surface area (Å²) < 4.78 is 0. The second kappa shape index (κ2) is 8.92. The second-order valence-corrected chi connectivity index (χ2v) is 5.83. The van der Waals surface area contributed by atoms with E-state index in [0.29, 0.717) is 25.4 Å². The maximum Gasteiger partial charge on any atom is 0.236 e. The average Bonchev–Trinajstić information content (AvgIpc) is 2.64. The van der Waals surface area contributed by atoms with Crippen LogP contribution in [-0.4, -0.2) is 48.4 Å². The molecule has 0 radical (unpaired) electrons. The zero-order valence-corrected chi connectivity index (χ0v) is 12.4. The van der Waals surface area contributed by atoms with E-state index in [9.17, 15) is 4.79 Å². The topological polar surface area (TPSA) is 47.3 Å². The fourth-order valence-corrected chi connectivity index (χ4v) is 2.57. The lowest BCUT2D eigenvalue weighted by atomic mass is 10.2. The van der Waals surface area contributed by atoms with Crippen LogP contribution in [0.5, 0.6) is 0 Å². The number of rotatable bonds is 6. The van der Waals surface area contributed by atoms with E-state index in [0.717, 1.165) is 32.5 Å². The van der Waals surface area contributed by atoms with Gasteiger partial charge in [0.15, 0.2) is 0 Å². The smallest absolute Gasteiger partial charge is 0.236 e. The summed E-state index contributed by atoms with van der Waals surface area (Å²) in [6.07, 6.45) is 5.25. The number of hydrogen-bond acceptors (Lipinski definition) is 3. The highest BCUT2D eigenvalue weighted by atomic mass is 16.2. The van der Waals surface area contributed by atoms with E-state index >= 15 is 0 Å². The molecule has 1 amide bonds. The van der Waals surface area contributed by atoms with Gasteiger partial charge in [0.1, 0.15) is 0 Å². The Morgan fingerprint density at radius 1 is 1.26 bits per heavy atom. The Balaban J connectivity index is 2.46. The Morgan fingerprint density at radius 3 is 2.42 bits per heavy atom. The van der Waals surface area contributed by atoms with Crippen molar-refractivity contribution in [1.82, 2.24) is 9.80 Å². The van der Waals surface area contributed by atoms with Crippen LogP contribution in [0.4, 0.5) is 0 Å². The Kier molecular flexibility index (Phi) is 7.50. The summed E-state index contributed by atoms with van der Waals surface area (Å²) in [6.45, 7) is 8.18. The first-order valence-corrected chi connectivity index (χ1v) is 7.50. The number of likely N-dealkylation sites (tertiary alicyclic amines) is 1. The van der Waals surface area contributed by atoms with Gasteiger partial charge >= 0.3 is 0 Å². The molecule has 0 aromatic rings. The van der Waals surface area contributed by atoms with Crippen molar-refractivity contribution in [3.63, 3.8) is 0 Å². The standard InChI is InChI=1S/C15H27N3O/c1-14(2)12-17(9-7-8-16)13-15(19)18-10-5-3-4-6-11-18/h14H,3-7,9-13H2,1-2H3. The second-order valence-electron chi connectivity index (χ2n) is 5.83. The van der Waals surface area contributed by atoms with Crippen molar-refractivity contribution in [1.29, 1.82) is 5.26 Å². The molecular weight excluding hydrogens is 238 g/mol. The lowest BCUT2D eigenvalue weighted by Crippen LogP contribution is -2.42. The number of amides is 1. The lowest BCUT2D eigenvalue weighted by Gasteiger charge is -2.27. The van der Waals surface area contributed by atoms with E-state index in [1.807, 2.05) is 4.90 Å². The predicted molar refractivity (Wildman–Crippen MR) is 76.6 cm³/mol. The van der Waals surface area contributed by atoms with Crippen molar-refractivity contribution in [2.45, 2.75) is 46.0 Å². The number of hydrogen-bond donors (Lipinski definition) is 0. The molecule has 1 fully saturated rings. The molecule has 1 aliphatic rings. The van der Waals surface area contributed by atoms with Gasteiger partial charge in [-0.15, -0.1) is 0 Å². The molecule has 0 aromatic carbocycles.